The van der Waals surface area contributed by atoms with Crippen LogP contribution >= 0.6 is 12.4 Å². The van der Waals surface area contributed by atoms with E-state index in [1.54, 1.807) is 0 Å². The van der Waals surface area contributed by atoms with Crippen LogP contribution in [-0.4, -0.2) is 48.7 Å². The van der Waals surface area contributed by atoms with Crippen molar-refractivity contribution in [1.29, 1.82) is 0 Å². The van der Waals surface area contributed by atoms with Crippen LogP contribution in [0.5, 0.6) is 0 Å². The van der Waals surface area contributed by atoms with E-state index in [1.807, 2.05) is 6.07 Å². The largest absolute Gasteiger partial charge is 0.381 e. The molecule has 5 nitrogen and oxygen atoms in total. The number of ether oxygens (including phenoxy) is 1. The minimum atomic E-state index is -0.755. The molecule has 2 aliphatic heterocycles. The van der Waals surface area contributed by atoms with E-state index in [1.165, 1.54) is 5.56 Å². The molecule has 2 saturated heterocycles. The molecule has 2 heterocycles. The lowest BCUT2D eigenvalue weighted by atomic mass is 9.89. The first-order valence-corrected chi connectivity index (χ1v) is 9.01. The quantitative estimate of drug-likeness (QED) is 0.834. The molecule has 2 fully saturated rings. The molecule has 1 aromatic carbocycles. The molecule has 1 aromatic rings. The van der Waals surface area contributed by atoms with Gasteiger partial charge in [-0.3, -0.25) is 9.69 Å². The second-order valence-electron chi connectivity index (χ2n) is 7.30. The molecule has 25 heavy (non-hydrogen) atoms. The molecule has 0 aliphatic carbocycles. The minimum Gasteiger partial charge on any atom is -0.381 e. The zero-order valence-corrected chi connectivity index (χ0v) is 15.8. The summed E-state index contributed by atoms with van der Waals surface area (Å²) >= 11 is 0. The van der Waals surface area contributed by atoms with E-state index in [-0.39, 0.29) is 24.4 Å². The highest BCUT2D eigenvalue weighted by molar-refractivity contribution is 5.86. The van der Waals surface area contributed by atoms with Gasteiger partial charge in [-0.05, 0) is 44.2 Å². The number of nitrogens with two attached hydrogens (primary N) is 1. The second-order valence-corrected chi connectivity index (χ2v) is 7.30. The molecule has 0 radical (unpaired) electrons. The fraction of sp³-hybridized carbons (Fsp3) is 0.632. The first kappa shape index (κ1) is 20.2. The van der Waals surface area contributed by atoms with Crippen molar-refractivity contribution < 1.29 is 9.53 Å². The summed E-state index contributed by atoms with van der Waals surface area (Å²) in [5, 5.41) is 3.17. The standard InChI is InChI=1S/C19H29N3O2.ClH/c1-15(21-18(23)19(20)8-11-24-12-9-19)17-7-10-22(14-17)13-16-5-3-2-4-6-16;/h2-6,15,17H,7-14,20H2,1H3,(H,21,23);1H. The zero-order chi connectivity index (χ0) is 17.0. The molecular weight excluding hydrogens is 338 g/mol. The fourth-order valence-corrected chi connectivity index (χ4v) is 3.69. The Hall–Kier alpha value is -1.14. The summed E-state index contributed by atoms with van der Waals surface area (Å²) in [7, 11) is 0. The number of rotatable bonds is 5. The van der Waals surface area contributed by atoms with Gasteiger partial charge in [0.25, 0.3) is 0 Å². The maximum absolute atomic E-state index is 12.6. The van der Waals surface area contributed by atoms with Gasteiger partial charge < -0.3 is 15.8 Å². The lowest BCUT2D eigenvalue weighted by molar-refractivity contribution is -0.130. The van der Waals surface area contributed by atoms with Crippen molar-refractivity contribution in [3.05, 3.63) is 35.9 Å². The van der Waals surface area contributed by atoms with Crippen LogP contribution in [0.25, 0.3) is 0 Å². The van der Waals surface area contributed by atoms with Gasteiger partial charge in [-0.2, -0.15) is 0 Å². The average Bonchev–Trinajstić information content (AvgIpc) is 3.05. The minimum absolute atomic E-state index is 0. The van der Waals surface area contributed by atoms with Crippen molar-refractivity contribution in [2.75, 3.05) is 26.3 Å². The maximum Gasteiger partial charge on any atom is 0.240 e. The normalized spacial score (nSPS) is 24.3. The van der Waals surface area contributed by atoms with Gasteiger partial charge in [-0.25, -0.2) is 0 Å². The molecule has 3 rings (SSSR count). The SMILES string of the molecule is CC(NC(=O)C1(N)CCOCC1)C1CCN(Cc2ccccc2)C1.Cl. The van der Waals surface area contributed by atoms with Crippen molar-refractivity contribution in [3.8, 4) is 0 Å². The van der Waals surface area contributed by atoms with Gasteiger partial charge in [-0.1, -0.05) is 30.3 Å². The molecule has 2 aliphatic rings. The zero-order valence-electron chi connectivity index (χ0n) is 14.9. The molecule has 6 heteroatoms. The number of benzene rings is 1. The average molecular weight is 368 g/mol. The van der Waals surface area contributed by atoms with Crippen LogP contribution in [0.15, 0.2) is 30.3 Å². The van der Waals surface area contributed by atoms with Crippen LogP contribution in [-0.2, 0) is 16.1 Å². The van der Waals surface area contributed by atoms with Crippen molar-refractivity contribution in [2.24, 2.45) is 11.7 Å². The Labute approximate surface area is 156 Å². The number of hydrogen-bond donors (Lipinski definition) is 2. The van der Waals surface area contributed by atoms with Gasteiger partial charge in [-0.15, -0.1) is 12.4 Å². The Morgan fingerprint density at radius 2 is 2.04 bits per heavy atom. The van der Waals surface area contributed by atoms with Gasteiger partial charge >= 0.3 is 0 Å². The summed E-state index contributed by atoms with van der Waals surface area (Å²) in [6.45, 7) is 6.35. The molecule has 1 amide bonds. The summed E-state index contributed by atoms with van der Waals surface area (Å²) in [6, 6.07) is 10.7. The van der Waals surface area contributed by atoms with Crippen LogP contribution < -0.4 is 11.1 Å². The van der Waals surface area contributed by atoms with Crippen LogP contribution in [0.2, 0.25) is 0 Å². The highest BCUT2D eigenvalue weighted by atomic mass is 35.5. The third-order valence-electron chi connectivity index (χ3n) is 5.46. The Morgan fingerprint density at radius 3 is 2.72 bits per heavy atom. The van der Waals surface area contributed by atoms with Crippen molar-refractivity contribution in [1.82, 2.24) is 10.2 Å². The molecule has 140 valence electrons. The number of hydrogen-bond acceptors (Lipinski definition) is 4. The summed E-state index contributed by atoms with van der Waals surface area (Å²) in [5.74, 6) is 0.473. The number of carbonyl (C=O) groups excluding carboxylic acids is 1. The second kappa shape index (κ2) is 8.99. The van der Waals surface area contributed by atoms with E-state index in [0.717, 1.165) is 26.1 Å². The van der Waals surface area contributed by atoms with Crippen LogP contribution in [0, 0.1) is 5.92 Å². The van der Waals surface area contributed by atoms with Crippen LogP contribution in [0.4, 0.5) is 0 Å². The number of halogens is 1. The van der Waals surface area contributed by atoms with Gasteiger partial charge in [0.1, 0.15) is 0 Å². The first-order chi connectivity index (χ1) is 11.6. The van der Waals surface area contributed by atoms with E-state index >= 15 is 0 Å². The van der Waals surface area contributed by atoms with E-state index in [9.17, 15) is 4.79 Å². The molecule has 2 unspecified atom stereocenters. The van der Waals surface area contributed by atoms with Crippen molar-refractivity contribution in [3.63, 3.8) is 0 Å². The molecule has 0 bridgehead atoms. The monoisotopic (exact) mass is 367 g/mol. The molecule has 0 aromatic heterocycles. The van der Waals surface area contributed by atoms with Gasteiger partial charge in [0.2, 0.25) is 5.91 Å². The number of amides is 1. The van der Waals surface area contributed by atoms with Gasteiger partial charge in [0.05, 0.1) is 5.54 Å². The number of nitrogens with one attached hydrogen (secondary N) is 1. The third-order valence-corrected chi connectivity index (χ3v) is 5.46. The number of nitrogens with zero attached hydrogens (tertiary/aromatic N) is 1. The fourth-order valence-electron chi connectivity index (χ4n) is 3.69. The Bertz CT molecular complexity index is 549. The highest BCUT2D eigenvalue weighted by Gasteiger charge is 2.38. The highest BCUT2D eigenvalue weighted by Crippen LogP contribution is 2.23. The smallest absolute Gasteiger partial charge is 0.240 e. The number of likely N-dealkylation sites (tertiary alicyclic amines) is 1. The predicted octanol–water partition coefficient (Wildman–Crippen LogP) is 1.94. The third kappa shape index (κ3) is 5.17. The number of carbonyl (C=O) groups is 1. The first-order valence-electron chi connectivity index (χ1n) is 9.01. The maximum atomic E-state index is 12.6. The Balaban J connectivity index is 0.00000225. The van der Waals surface area contributed by atoms with Gasteiger partial charge in [0.15, 0.2) is 0 Å². The van der Waals surface area contributed by atoms with E-state index in [4.69, 9.17) is 10.5 Å². The molecule has 3 N–H and O–H groups in total. The molecule has 0 spiro atoms. The molecule has 0 saturated carbocycles. The lowest BCUT2D eigenvalue weighted by Gasteiger charge is -2.34. The summed E-state index contributed by atoms with van der Waals surface area (Å²) < 4.78 is 5.32. The molecular formula is C19H30ClN3O2. The summed E-state index contributed by atoms with van der Waals surface area (Å²) in [5.41, 5.74) is 6.87. The van der Waals surface area contributed by atoms with Crippen LogP contribution in [0.1, 0.15) is 31.7 Å². The Kier molecular flexibility index (Phi) is 7.25. The van der Waals surface area contributed by atoms with E-state index in [2.05, 4.69) is 41.4 Å². The summed E-state index contributed by atoms with van der Waals surface area (Å²) in [6.07, 6.45) is 2.33. The van der Waals surface area contributed by atoms with E-state index < -0.39 is 5.54 Å². The van der Waals surface area contributed by atoms with Crippen molar-refractivity contribution >= 4 is 18.3 Å². The molecule has 2 atom stereocenters. The predicted molar refractivity (Wildman–Crippen MR) is 102 cm³/mol. The summed E-state index contributed by atoms with van der Waals surface area (Å²) in [4.78, 5) is 15.0. The van der Waals surface area contributed by atoms with Gasteiger partial charge in [0, 0.05) is 32.3 Å². The Morgan fingerprint density at radius 1 is 1.36 bits per heavy atom. The lowest BCUT2D eigenvalue weighted by Crippen LogP contribution is -2.59. The topological polar surface area (TPSA) is 67.6 Å². The van der Waals surface area contributed by atoms with Crippen molar-refractivity contribution in [2.45, 2.75) is 44.3 Å². The van der Waals surface area contributed by atoms with Crippen LogP contribution in [0.3, 0.4) is 0 Å². The van der Waals surface area contributed by atoms with E-state index in [0.29, 0.717) is 32.0 Å².